The van der Waals surface area contributed by atoms with E-state index in [4.69, 9.17) is 40.2 Å². The number of hydrogen-bond acceptors (Lipinski definition) is 3. The van der Waals surface area contributed by atoms with Crippen LogP contribution in [-0.2, 0) is 5.75 Å². The monoisotopic (exact) mass is 426 g/mol. The summed E-state index contributed by atoms with van der Waals surface area (Å²) < 4.78 is 5.51. The average Bonchev–Trinajstić information content (AvgIpc) is 2.61. The molecule has 0 heterocycles. The van der Waals surface area contributed by atoms with E-state index in [1.54, 1.807) is 23.9 Å². The first-order chi connectivity index (χ1) is 12.6. The summed E-state index contributed by atoms with van der Waals surface area (Å²) in [6, 6.07) is 13.2. The molecule has 0 atom stereocenters. The first kappa shape index (κ1) is 20.9. The van der Waals surface area contributed by atoms with E-state index < -0.39 is 0 Å². The summed E-state index contributed by atoms with van der Waals surface area (Å²) in [6.07, 6.45) is 1.71. The van der Waals surface area contributed by atoms with Crippen LogP contribution in [0.15, 0.2) is 55.1 Å². The van der Waals surface area contributed by atoms with Crippen molar-refractivity contribution in [3.63, 3.8) is 0 Å². The lowest BCUT2D eigenvalue weighted by Crippen LogP contribution is -2.30. The maximum Gasteiger partial charge on any atom is 0.170 e. The van der Waals surface area contributed by atoms with Crippen LogP contribution in [0.2, 0.25) is 10.0 Å². The maximum atomic E-state index is 6.17. The first-order valence-electron chi connectivity index (χ1n) is 7.99. The molecule has 138 valence electrons. The van der Waals surface area contributed by atoms with Gasteiger partial charge in [0.25, 0.3) is 0 Å². The second kappa shape index (κ2) is 11.3. The summed E-state index contributed by atoms with van der Waals surface area (Å²) in [5.74, 6) is 2.51. The Morgan fingerprint density at radius 2 is 2.08 bits per heavy atom. The summed E-state index contributed by atoms with van der Waals surface area (Å²) in [4.78, 5) is 0. The van der Waals surface area contributed by atoms with Crippen LogP contribution in [0, 0.1) is 0 Å². The van der Waals surface area contributed by atoms with Gasteiger partial charge in [0.15, 0.2) is 5.11 Å². The van der Waals surface area contributed by atoms with E-state index in [-0.39, 0.29) is 0 Å². The van der Waals surface area contributed by atoms with Gasteiger partial charge >= 0.3 is 0 Å². The van der Waals surface area contributed by atoms with Crippen molar-refractivity contribution < 1.29 is 4.74 Å². The molecular formula is C19H20Cl2N2OS2. The molecule has 0 aliphatic carbocycles. The van der Waals surface area contributed by atoms with Crippen molar-refractivity contribution >= 4 is 58.0 Å². The molecular weight excluding hydrogens is 407 g/mol. The molecule has 3 nitrogen and oxygen atoms in total. The van der Waals surface area contributed by atoms with Crippen LogP contribution < -0.4 is 15.4 Å². The molecule has 0 radical (unpaired) electrons. The minimum absolute atomic E-state index is 0.473. The number of hydrogen-bond donors (Lipinski definition) is 2. The second-order valence-electron chi connectivity index (χ2n) is 5.30. The Balaban J connectivity index is 1.68. The van der Waals surface area contributed by atoms with Crippen molar-refractivity contribution in [1.29, 1.82) is 0 Å². The lowest BCUT2D eigenvalue weighted by molar-refractivity contribution is 0.363. The van der Waals surface area contributed by atoms with Crippen molar-refractivity contribution in [3.05, 3.63) is 70.7 Å². The van der Waals surface area contributed by atoms with Crippen LogP contribution in [0.3, 0.4) is 0 Å². The van der Waals surface area contributed by atoms with E-state index >= 15 is 0 Å². The topological polar surface area (TPSA) is 33.3 Å². The third kappa shape index (κ3) is 7.46. The highest BCUT2D eigenvalue weighted by molar-refractivity contribution is 7.98. The summed E-state index contributed by atoms with van der Waals surface area (Å²) in [5, 5.41) is 8.28. The zero-order valence-corrected chi connectivity index (χ0v) is 17.3. The third-order valence-corrected chi connectivity index (χ3v) is 5.11. The van der Waals surface area contributed by atoms with Crippen molar-refractivity contribution in [2.45, 2.75) is 5.75 Å². The maximum absolute atomic E-state index is 6.17. The SMILES string of the molecule is C=CCOc1cccc(NC(=S)NCCSCc2ccc(Cl)cc2Cl)c1. The van der Waals surface area contributed by atoms with Crippen LogP contribution >= 0.6 is 47.2 Å². The molecule has 26 heavy (non-hydrogen) atoms. The minimum Gasteiger partial charge on any atom is -0.489 e. The number of nitrogens with one attached hydrogen (secondary N) is 2. The van der Waals surface area contributed by atoms with Gasteiger partial charge in [-0.25, -0.2) is 0 Å². The number of anilines is 1. The predicted octanol–water partition coefficient (Wildman–Crippen LogP) is 5.78. The highest BCUT2D eigenvalue weighted by Gasteiger charge is 2.02. The quantitative estimate of drug-likeness (QED) is 0.301. The largest absolute Gasteiger partial charge is 0.489 e. The van der Waals surface area contributed by atoms with Gasteiger partial charge in [0.2, 0.25) is 0 Å². The van der Waals surface area contributed by atoms with Gasteiger partial charge in [-0.05, 0) is 42.0 Å². The number of thioether (sulfide) groups is 1. The van der Waals surface area contributed by atoms with E-state index in [9.17, 15) is 0 Å². The number of ether oxygens (including phenoxy) is 1. The molecule has 0 unspecified atom stereocenters. The Morgan fingerprint density at radius 1 is 1.23 bits per heavy atom. The highest BCUT2D eigenvalue weighted by atomic mass is 35.5. The molecule has 0 amide bonds. The number of rotatable bonds is 9. The van der Waals surface area contributed by atoms with Crippen LogP contribution in [0.25, 0.3) is 0 Å². The molecule has 2 aromatic carbocycles. The number of thiocarbonyl (C=S) groups is 1. The summed E-state index contributed by atoms with van der Waals surface area (Å²) >= 11 is 19.2. The van der Waals surface area contributed by atoms with Gasteiger partial charge < -0.3 is 15.4 Å². The molecule has 0 spiro atoms. The molecule has 2 N–H and O–H groups in total. The van der Waals surface area contributed by atoms with Gasteiger partial charge in [0.05, 0.1) is 0 Å². The molecule has 2 aromatic rings. The summed E-state index contributed by atoms with van der Waals surface area (Å²) in [5.41, 5.74) is 1.96. The van der Waals surface area contributed by atoms with Crippen LogP contribution in [-0.4, -0.2) is 24.0 Å². The molecule has 0 saturated heterocycles. The first-order valence-corrected chi connectivity index (χ1v) is 10.3. The summed E-state index contributed by atoms with van der Waals surface area (Å²) in [6.45, 7) is 4.87. The molecule has 7 heteroatoms. The lowest BCUT2D eigenvalue weighted by atomic mass is 10.2. The van der Waals surface area contributed by atoms with E-state index in [1.165, 1.54) is 0 Å². The zero-order chi connectivity index (χ0) is 18.8. The van der Waals surface area contributed by atoms with Gasteiger partial charge in [-0.2, -0.15) is 11.8 Å². The van der Waals surface area contributed by atoms with Crippen molar-refractivity contribution in [3.8, 4) is 5.75 Å². The standard InChI is InChI=1S/C19H20Cl2N2OS2/c1-2-9-24-17-5-3-4-16(12-17)23-19(25)22-8-10-26-13-14-6-7-15(20)11-18(14)21/h2-7,11-12H,1,8-10,13H2,(H2,22,23,25). The molecule has 0 aliphatic heterocycles. The van der Waals surface area contributed by atoms with E-state index in [0.717, 1.165) is 35.1 Å². The fourth-order valence-electron chi connectivity index (χ4n) is 2.05. The normalized spacial score (nSPS) is 10.2. The van der Waals surface area contributed by atoms with E-state index in [1.807, 2.05) is 36.4 Å². The Morgan fingerprint density at radius 3 is 2.85 bits per heavy atom. The van der Waals surface area contributed by atoms with Gasteiger partial charge in [-0.3, -0.25) is 0 Å². The third-order valence-electron chi connectivity index (χ3n) is 3.26. The average molecular weight is 427 g/mol. The van der Waals surface area contributed by atoms with E-state index in [0.29, 0.717) is 21.8 Å². The Kier molecular flexibility index (Phi) is 9.12. The molecule has 0 aliphatic rings. The predicted molar refractivity (Wildman–Crippen MR) is 119 cm³/mol. The van der Waals surface area contributed by atoms with Crippen molar-refractivity contribution in [2.75, 3.05) is 24.2 Å². The molecule has 0 saturated carbocycles. The van der Waals surface area contributed by atoms with Crippen molar-refractivity contribution in [1.82, 2.24) is 5.32 Å². The van der Waals surface area contributed by atoms with Crippen LogP contribution in [0.5, 0.6) is 5.75 Å². The minimum atomic E-state index is 0.473. The zero-order valence-electron chi connectivity index (χ0n) is 14.1. The Labute approximate surface area is 174 Å². The molecule has 0 bridgehead atoms. The van der Waals surface area contributed by atoms with Crippen LogP contribution in [0.1, 0.15) is 5.56 Å². The molecule has 0 fully saturated rings. The van der Waals surface area contributed by atoms with E-state index in [2.05, 4.69) is 17.2 Å². The van der Waals surface area contributed by atoms with Crippen molar-refractivity contribution in [2.24, 2.45) is 0 Å². The smallest absolute Gasteiger partial charge is 0.170 e. The molecule has 0 aromatic heterocycles. The van der Waals surface area contributed by atoms with Gasteiger partial charge in [-0.15, -0.1) is 0 Å². The van der Waals surface area contributed by atoms with Gasteiger partial charge in [0, 0.05) is 39.8 Å². The second-order valence-corrected chi connectivity index (χ2v) is 7.65. The lowest BCUT2D eigenvalue weighted by Gasteiger charge is -2.12. The fraction of sp³-hybridized carbons (Fsp3) is 0.211. The highest BCUT2D eigenvalue weighted by Crippen LogP contribution is 2.24. The Bertz CT molecular complexity index is 756. The number of benzene rings is 2. The summed E-state index contributed by atoms with van der Waals surface area (Å²) in [7, 11) is 0. The Hall–Kier alpha value is -1.40. The molecule has 2 rings (SSSR count). The van der Waals surface area contributed by atoms with Gasteiger partial charge in [0.1, 0.15) is 12.4 Å². The number of halogens is 2. The fourth-order valence-corrected chi connectivity index (χ4v) is 3.69. The van der Waals surface area contributed by atoms with Crippen LogP contribution in [0.4, 0.5) is 5.69 Å². The van der Waals surface area contributed by atoms with Gasteiger partial charge in [-0.1, -0.05) is 48.0 Å².